The van der Waals surface area contributed by atoms with Crippen LogP contribution in [0.4, 0.5) is 0 Å². The van der Waals surface area contributed by atoms with Crippen molar-refractivity contribution < 1.29 is 223 Å². The van der Waals surface area contributed by atoms with E-state index in [1.807, 2.05) is 24.3 Å². The third-order valence-electron chi connectivity index (χ3n) is 11.4. The molecule has 22 nitrogen and oxygen atoms in total. The Morgan fingerprint density at radius 2 is 0.805 bits per heavy atom. The van der Waals surface area contributed by atoms with Gasteiger partial charge in [-0.2, -0.15) is 0 Å². The summed E-state index contributed by atoms with van der Waals surface area (Å²) in [6, 6.07) is 0. The maximum Gasteiger partial charge on any atom is 1.00 e. The molecule has 0 aromatic rings. The van der Waals surface area contributed by atoms with Gasteiger partial charge in [0, 0.05) is 12.8 Å². The molecule has 0 heterocycles. The monoisotopic (exact) mass is 1210 g/mol. The summed E-state index contributed by atoms with van der Waals surface area (Å²) >= 11 is 0. The van der Waals surface area contributed by atoms with E-state index in [0.717, 1.165) is 51.4 Å². The zero-order valence-corrected chi connectivity index (χ0v) is 58.0. The van der Waals surface area contributed by atoms with Crippen LogP contribution in [0, 0.1) is 0 Å². The molecule has 1 saturated carbocycles. The van der Waals surface area contributed by atoms with Gasteiger partial charge < -0.3 is 76.6 Å². The number of hydrogen-bond acceptors (Lipinski definition) is 19. The molecule has 0 aromatic heterocycles. The number of aliphatic hydroxyl groups is 2. The number of carbonyl (C=O) groups excluding carboxylic acids is 2. The van der Waals surface area contributed by atoms with Gasteiger partial charge in [-0.25, -0.2) is 0 Å². The summed E-state index contributed by atoms with van der Waals surface area (Å²) in [6.07, 6.45) is 21.9. The van der Waals surface area contributed by atoms with Crippen LogP contribution in [-0.2, 0) is 59.9 Å². The Hall–Kier alpha value is 2.26. The first-order valence-electron chi connectivity index (χ1n) is 25.6. The minimum Gasteiger partial charge on any atom is -0.756 e. The number of rotatable bonds is 44. The number of phosphoric ester groups is 4. The van der Waals surface area contributed by atoms with E-state index >= 15 is 0 Å². The Kier molecular flexibility index (Phi) is 56.1. The predicted octanol–water partition coefficient (Wildman–Crippen LogP) is -4.99. The molecule has 11 atom stereocenters. The van der Waals surface area contributed by atoms with Gasteiger partial charge in [0.05, 0.1) is 6.61 Å². The Balaban J connectivity index is -0.00000666. The fourth-order valence-corrected chi connectivity index (χ4v) is 10.3. The predicted molar refractivity (Wildman–Crippen MR) is 263 cm³/mol. The molecular formula is C47H82Na4O22P4. The van der Waals surface area contributed by atoms with Crippen molar-refractivity contribution in [1.29, 1.82) is 0 Å². The molecule has 0 aromatic carbocycles. The van der Waals surface area contributed by atoms with E-state index in [2.05, 4.69) is 51.7 Å². The number of unbranched alkanes of at least 4 members (excludes halogenated alkanes) is 18. The quantitative estimate of drug-likeness (QED) is 0.0125. The molecule has 0 saturated heterocycles. The second-order valence-corrected chi connectivity index (χ2v) is 22.7. The molecular weight excluding hydrogens is 1130 g/mol. The minimum absolute atomic E-state index is 0. The molecule has 0 bridgehead atoms. The summed E-state index contributed by atoms with van der Waals surface area (Å²) in [4.78, 5) is 101. The zero-order valence-electron chi connectivity index (χ0n) is 46.4. The van der Waals surface area contributed by atoms with Gasteiger partial charge in [0.2, 0.25) is 0 Å². The van der Waals surface area contributed by atoms with Gasteiger partial charge in [-0.1, -0.05) is 165 Å². The van der Waals surface area contributed by atoms with Crippen molar-refractivity contribution in [2.75, 3.05) is 13.2 Å². The molecule has 1 aliphatic rings. The maximum atomic E-state index is 13.1. The second kappa shape index (κ2) is 50.4. The minimum atomic E-state index is -6.10. The van der Waals surface area contributed by atoms with Crippen LogP contribution in [0.1, 0.15) is 181 Å². The van der Waals surface area contributed by atoms with E-state index in [0.29, 0.717) is 25.7 Å². The number of hydrogen-bond donors (Lipinski definition) is 5. The average molecular weight is 1220 g/mol. The number of phosphoric acid groups is 4. The Morgan fingerprint density at radius 3 is 1.22 bits per heavy atom. The van der Waals surface area contributed by atoms with E-state index < -0.39 is 99.2 Å². The molecule has 0 radical (unpaired) electrons. The molecule has 77 heavy (non-hydrogen) atoms. The third kappa shape index (κ3) is 48.1. The van der Waals surface area contributed by atoms with Gasteiger partial charge in [-0.15, -0.1) is 0 Å². The standard InChI is InChI=1S/C47H86O22P4.4Na/c1-3-5-7-9-11-13-15-17-19-20-22-24-26-28-30-32-34-36-41(49)65-39(37-63-40(48)35-33-31-29-27-25-23-21-18-16-14-12-10-8-6-4-2)38-64-73(61,62)69-44-42(50)45(66-70(52,53)54)47(68-72(58,59)60)46(43(44)51)67-71(55,56)57;;;;/h11,13,17,19,22,24,28,30,39,42-47,50-51H,3-10,12,14-16,18,20-21,23,25-27,29,31-38H2,1-2H3,(H,61,62)(H2,52,53,54)(H2,55,56,57)(H2,58,59,60);;;;/q;4*+1/p-4/b13-11-,19-17-,24-22-,30-28-;;;;/t39?,42-,43-,44?,45-,46+,47?;;;;/m0..../s1. The molecule has 5 N–H and O–H groups in total. The van der Waals surface area contributed by atoms with Crippen LogP contribution in [-0.4, -0.2) is 92.8 Å². The molecule has 426 valence electrons. The van der Waals surface area contributed by atoms with Crippen molar-refractivity contribution in [3.05, 3.63) is 48.6 Å². The summed E-state index contributed by atoms with van der Waals surface area (Å²) in [7, 11) is -24.2. The van der Waals surface area contributed by atoms with Crippen molar-refractivity contribution in [1.82, 2.24) is 0 Å². The van der Waals surface area contributed by atoms with Crippen LogP contribution in [0.5, 0.6) is 0 Å². The van der Waals surface area contributed by atoms with Crippen molar-refractivity contribution in [3.63, 3.8) is 0 Å². The maximum absolute atomic E-state index is 13.1. The SMILES string of the molecule is CCCCC/C=C\C/C=C\C/C=C\C/C=C\CCCC(=O)OC(COC(=O)CCCCCCCCCCCCCCCCC)COP(=O)([O-])OC1[C@H](O)[C@H](OP(=O)([O-])O)C(OP(=O)([O-])O)[C@H](OP(=O)([O-])O)[C@H]1O.[Na+].[Na+].[Na+].[Na+]. The number of carbonyl (C=O) groups is 2. The number of aliphatic hydroxyl groups excluding tert-OH is 2. The summed E-state index contributed by atoms with van der Waals surface area (Å²) < 4.78 is 80.6. The van der Waals surface area contributed by atoms with Crippen molar-refractivity contribution in [2.24, 2.45) is 0 Å². The summed E-state index contributed by atoms with van der Waals surface area (Å²) in [5.74, 6) is -1.53. The zero-order chi connectivity index (χ0) is 54.6. The van der Waals surface area contributed by atoms with E-state index in [9.17, 15) is 72.3 Å². The smallest absolute Gasteiger partial charge is 0.756 e. The third-order valence-corrected chi connectivity index (χ3v) is 13.8. The molecule has 1 aliphatic carbocycles. The van der Waals surface area contributed by atoms with Gasteiger partial charge in [-0.3, -0.25) is 27.8 Å². The number of esters is 2. The van der Waals surface area contributed by atoms with Crippen molar-refractivity contribution in [3.8, 4) is 0 Å². The van der Waals surface area contributed by atoms with Crippen LogP contribution >= 0.6 is 31.3 Å². The first kappa shape index (κ1) is 85.7. The molecule has 0 amide bonds. The van der Waals surface area contributed by atoms with E-state index in [-0.39, 0.29) is 131 Å². The van der Waals surface area contributed by atoms with Gasteiger partial charge in [-0.05, 0) is 51.4 Å². The van der Waals surface area contributed by atoms with E-state index in [4.69, 9.17) is 18.5 Å². The van der Waals surface area contributed by atoms with Gasteiger partial charge >= 0.3 is 130 Å². The molecule has 30 heteroatoms. The van der Waals surface area contributed by atoms with Crippen LogP contribution in [0.15, 0.2) is 48.6 Å². The molecule has 1 fully saturated rings. The van der Waals surface area contributed by atoms with Crippen LogP contribution in [0.3, 0.4) is 0 Å². The summed E-state index contributed by atoms with van der Waals surface area (Å²) in [5, 5.41) is 21.7. The molecule has 1 rings (SSSR count). The second-order valence-electron chi connectivity index (χ2n) is 17.9. The number of allylic oxidation sites excluding steroid dienone is 8. The Labute approximate surface area is 545 Å². The normalized spacial score (nSPS) is 22.2. The van der Waals surface area contributed by atoms with Crippen LogP contribution in [0.25, 0.3) is 0 Å². The van der Waals surface area contributed by atoms with Gasteiger partial charge in [0.15, 0.2) is 6.10 Å². The van der Waals surface area contributed by atoms with Gasteiger partial charge in [0.1, 0.15) is 43.2 Å². The van der Waals surface area contributed by atoms with Crippen molar-refractivity contribution in [2.45, 2.75) is 224 Å². The molecule has 7 unspecified atom stereocenters. The number of ether oxygens (including phenoxy) is 2. The molecule has 0 aliphatic heterocycles. The fourth-order valence-electron chi connectivity index (χ4n) is 7.64. The van der Waals surface area contributed by atoms with E-state index in [1.54, 1.807) is 0 Å². The average Bonchev–Trinajstić information content (AvgIpc) is 3.30. The summed E-state index contributed by atoms with van der Waals surface area (Å²) in [6.45, 7) is 2.55. The fraction of sp³-hybridized carbons (Fsp3) is 0.787. The first-order chi connectivity index (χ1) is 34.5. The Bertz CT molecular complexity index is 1800. The van der Waals surface area contributed by atoms with Crippen LogP contribution < -0.4 is 138 Å². The Morgan fingerprint density at radius 1 is 0.455 bits per heavy atom. The van der Waals surface area contributed by atoms with Gasteiger partial charge in [0.25, 0.3) is 31.3 Å². The van der Waals surface area contributed by atoms with Crippen molar-refractivity contribution >= 4 is 43.2 Å². The van der Waals surface area contributed by atoms with E-state index in [1.165, 1.54) is 77.0 Å². The molecule has 0 spiro atoms. The van der Waals surface area contributed by atoms with Crippen LogP contribution in [0.2, 0.25) is 0 Å². The first-order valence-corrected chi connectivity index (χ1v) is 31.5. The largest absolute Gasteiger partial charge is 1.00 e. The topological polar surface area (TPSA) is 360 Å². The summed E-state index contributed by atoms with van der Waals surface area (Å²) in [5.41, 5.74) is 0.